The summed E-state index contributed by atoms with van der Waals surface area (Å²) in [4.78, 5) is 32.4. The number of phosphoric acid groups is 1. The zero-order valence-corrected chi connectivity index (χ0v) is 10.1. The first-order chi connectivity index (χ1) is 7.18. The number of hydrogen-bond donors (Lipinski definition) is 5. The fraction of sp³-hybridized carbons (Fsp3) is 0.625. The molecule has 0 atom stereocenters. The van der Waals surface area contributed by atoms with Gasteiger partial charge in [0.2, 0.25) is 5.91 Å². The van der Waals surface area contributed by atoms with Gasteiger partial charge in [0.15, 0.2) is 0 Å². The molecular formula is C8H19N2O5P. The Morgan fingerprint density at radius 1 is 1.38 bits per heavy atom. The number of carbonyl (C=O) groups excluding carboxylic acids is 1. The van der Waals surface area contributed by atoms with Crippen LogP contribution in [0.25, 0.3) is 0 Å². The number of hydrogen-bond acceptors (Lipinski definition) is 3. The molecule has 0 heterocycles. The van der Waals surface area contributed by atoms with Gasteiger partial charge in [0.25, 0.3) is 0 Å². The molecule has 0 aliphatic rings. The topological polar surface area (TPSA) is 133 Å². The fourth-order valence-corrected chi connectivity index (χ4v) is 0.622. The van der Waals surface area contributed by atoms with Gasteiger partial charge in [0.1, 0.15) is 0 Å². The monoisotopic (exact) mass is 254 g/mol. The molecule has 96 valence electrons. The maximum absolute atomic E-state index is 10.9. The summed E-state index contributed by atoms with van der Waals surface area (Å²) in [5, 5.41) is 2.72. The van der Waals surface area contributed by atoms with Crippen molar-refractivity contribution in [2.45, 2.75) is 19.8 Å². The molecule has 0 saturated carbocycles. The quantitative estimate of drug-likeness (QED) is 0.255. The first kappa shape index (κ1) is 17.7. The van der Waals surface area contributed by atoms with Gasteiger partial charge in [-0.05, 0) is 26.3 Å². The molecular weight excluding hydrogens is 235 g/mol. The predicted molar refractivity (Wildman–Crippen MR) is 60.4 cm³/mol. The Hall–Kier alpha value is -0.720. The Morgan fingerprint density at radius 3 is 2.12 bits per heavy atom. The normalized spacial score (nSPS) is 10.1. The molecule has 0 aromatic heterocycles. The van der Waals surface area contributed by atoms with E-state index in [9.17, 15) is 4.79 Å². The van der Waals surface area contributed by atoms with Crippen LogP contribution in [0.4, 0.5) is 0 Å². The van der Waals surface area contributed by atoms with Crippen molar-refractivity contribution < 1.29 is 24.0 Å². The average molecular weight is 254 g/mol. The molecule has 1 amide bonds. The second kappa shape index (κ2) is 9.50. The Balaban J connectivity index is 0. The number of carbonyl (C=O) groups is 1. The zero-order valence-electron chi connectivity index (χ0n) is 9.22. The molecule has 0 fully saturated rings. The second-order valence-electron chi connectivity index (χ2n) is 3.05. The molecule has 0 aliphatic carbocycles. The number of unbranched alkanes of at least 4 members (excludes halogenated alkanes) is 1. The lowest BCUT2D eigenvalue weighted by Gasteiger charge is -2.02. The predicted octanol–water partition coefficient (Wildman–Crippen LogP) is -0.511. The Labute approximate surface area is 94.6 Å². The van der Waals surface area contributed by atoms with Gasteiger partial charge in [-0.2, -0.15) is 0 Å². The first-order valence-corrected chi connectivity index (χ1v) is 6.17. The van der Waals surface area contributed by atoms with Crippen LogP contribution in [-0.4, -0.2) is 33.7 Å². The van der Waals surface area contributed by atoms with Crippen LogP contribution in [0.3, 0.4) is 0 Å². The van der Waals surface area contributed by atoms with Crippen LogP contribution in [-0.2, 0) is 9.36 Å². The van der Waals surface area contributed by atoms with Crippen LogP contribution in [0.15, 0.2) is 12.2 Å². The maximum Gasteiger partial charge on any atom is 0.466 e. The summed E-state index contributed by atoms with van der Waals surface area (Å²) in [5.41, 5.74) is 5.83. The van der Waals surface area contributed by atoms with E-state index in [1.54, 1.807) is 6.92 Å². The summed E-state index contributed by atoms with van der Waals surface area (Å²) >= 11 is 0. The van der Waals surface area contributed by atoms with Gasteiger partial charge in [-0.25, -0.2) is 4.57 Å². The van der Waals surface area contributed by atoms with E-state index in [0.29, 0.717) is 18.7 Å². The van der Waals surface area contributed by atoms with E-state index in [4.69, 9.17) is 25.0 Å². The molecule has 16 heavy (non-hydrogen) atoms. The van der Waals surface area contributed by atoms with Gasteiger partial charge in [-0.15, -0.1) is 0 Å². The SMILES string of the molecule is C=C(C)C(=O)NCCCCN.O=P(O)(O)O. The summed E-state index contributed by atoms with van der Waals surface area (Å²) in [7, 11) is -4.64. The molecule has 0 bridgehead atoms. The summed E-state index contributed by atoms with van der Waals surface area (Å²) in [6.45, 7) is 6.59. The standard InChI is InChI=1S/C8H16N2O.H3O4P/c1-7(2)8(11)10-6-4-3-5-9;1-5(2,3)4/h1,3-6,9H2,2H3,(H,10,11);(H3,1,2,3,4). The van der Waals surface area contributed by atoms with Crippen LogP contribution in [0.2, 0.25) is 0 Å². The van der Waals surface area contributed by atoms with E-state index in [2.05, 4.69) is 11.9 Å². The van der Waals surface area contributed by atoms with Gasteiger partial charge in [-0.3, -0.25) is 4.79 Å². The highest BCUT2D eigenvalue weighted by Gasteiger charge is 2.00. The number of amides is 1. The summed E-state index contributed by atoms with van der Waals surface area (Å²) in [6, 6.07) is 0. The van der Waals surface area contributed by atoms with Crippen molar-refractivity contribution >= 4 is 13.7 Å². The Morgan fingerprint density at radius 2 is 1.81 bits per heavy atom. The Bertz CT molecular complexity index is 255. The molecule has 7 nitrogen and oxygen atoms in total. The molecule has 0 saturated heterocycles. The third-order valence-electron chi connectivity index (χ3n) is 1.30. The Kier molecular flexibility index (Phi) is 10.5. The van der Waals surface area contributed by atoms with E-state index in [-0.39, 0.29) is 5.91 Å². The van der Waals surface area contributed by atoms with Gasteiger partial charge < -0.3 is 25.7 Å². The van der Waals surface area contributed by atoms with Crippen molar-refractivity contribution in [2.75, 3.05) is 13.1 Å². The minimum Gasteiger partial charge on any atom is -0.352 e. The molecule has 0 unspecified atom stereocenters. The average Bonchev–Trinajstić information content (AvgIpc) is 2.09. The zero-order chi connectivity index (χ0) is 13.2. The second-order valence-corrected chi connectivity index (χ2v) is 4.07. The number of rotatable bonds is 5. The van der Waals surface area contributed by atoms with Crippen LogP contribution in [0.5, 0.6) is 0 Å². The summed E-state index contributed by atoms with van der Waals surface area (Å²) in [5.74, 6) is -0.0676. The van der Waals surface area contributed by atoms with Crippen LogP contribution in [0.1, 0.15) is 19.8 Å². The highest BCUT2D eigenvalue weighted by Crippen LogP contribution is 2.25. The van der Waals surface area contributed by atoms with E-state index in [0.717, 1.165) is 12.8 Å². The molecule has 0 radical (unpaired) electrons. The van der Waals surface area contributed by atoms with Gasteiger partial charge in [-0.1, -0.05) is 6.58 Å². The van der Waals surface area contributed by atoms with Crippen molar-refractivity contribution in [1.29, 1.82) is 0 Å². The van der Waals surface area contributed by atoms with Gasteiger partial charge >= 0.3 is 7.82 Å². The molecule has 0 aliphatic heterocycles. The first-order valence-electron chi connectivity index (χ1n) is 4.60. The molecule has 0 rings (SSSR count). The third kappa shape index (κ3) is 23.3. The fourth-order valence-electron chi connectivity index (χ4n) is 0.622. The number of nitrogens with two attached hydrogens (primary N) is 1. The van der Waals surface area contributed by atoms with E-state index >= 15 is 0 Å². The molecule has 0 aromatic carbocycles. The van der Waals surface area contributed by atoms with Crippen molar-refractivity contribution in [3.8, 4) is 0 Å². The highest BCUT2D eigenvalue weighted by atomic mass is 31.2. The highest BCUT2D eigenvalue weighted by molar-refractivity contribution is 7.45. The van der Waals surface area contributed by atoms with Gasteiger partial charge in [0, 0.05) is 12.1 Å². The lowest BCUT2D eigenvalue weighted by atomic mass is 10.3. The molecule has 6 N–H and O–H groups in total. The smallest absolute Gasteiger partial charge is 0.352 e. The summed E-state index contributed by atoms with van der Waals surface area (Å²) < 4.78 is 8.88. The summed E-state index contributed by atoms with van der Waals surface area (Å²) in [6.07, 6.45) is 1.89. The van der Waals surface area contributed by atoms with Crippen LogP contribution >= 0.6 is 7.82 Å². The van der Waals surface area contributed by atoms with Crippen molar-refractivity contribution in [3.05, 3.63) is 12.2 Å². The minimum atomic E-state index is -4.64. The van der Waals surface area contributed by atoms with Crippen molar-refractivity contribution in [3.63, 3.8) is 0 Å². The van der Waals surface area contributed by atoms with Crippen molar-refractivity contribution in [1.82, 2.24) is 5.32 Å². The lowest BCUT2D eigenvalue weighted by Crippen LogP contribution is -2.25. The maximum atomic E-state index is 10.9. The van der Waals surface area contributed by atoms with E-state index < -0.39 is 7.82 Å². The van der Waals surface area contributed by atoms with E-state index in [1.165, 1.54) is 0 Å². The minimum absolute atomic E-state index is 0.0676. The van der Waals surface area contributed by atoms with Crippen molar-refractivity contribution in [2.24, 2.45) is 5.73 Å². The molecule has 8 heteroatoms. The number of nitrogens with one attached hydrogen (secondary N) is 1. The van der Waals surface area contributed by atoms with Gasteiger partial charge in [0.05, 0.1) is 0 Å². The van der Waals surface area contributed by atoms with Crippen LogP contribution in [0, 0.1) is 0 Å². The van der Waals surface area contributed by atoms with Crippen LogP contribution < -0.4 is 11.1 Å². The largest absolute Gasteiger partial charge is 0.466 e. The molecule has 0 aromatic rings. The molecule has 0 spiro atoms. The van der Waals surface area contributed by atoms with E-state index in [1.807, 2.05) is 0 Å². The lowest BCUT2D eigenvalue weighted by molar-refractivity contribution is -0.117. The third-order valence-corrected chi connectivity index (χ3v) is 1.30.